The first-order valence-electron chi connectivity index (χ1n) is 8.28. The summed E-state index contributed by atoms with van der Waals surface area (Å²) < 4.78 is 14.1. The lowest BCUT2D eigenvalue weighted by molar-refractivity contribution is 0.0601. The Balaban J connectivity index is 1.66. The highest BCUT2D eigenvalue weighted by molar-refractivity contribution is 7.11. The summed E-state index contributed by atoms with van der Waals surface area (Å²) in [6.07, 6.45) is 0.894. The predicted octanol–water partition coefficient (Wildman–Crippen LogP) is 3.27. The van der Waals surface area contributed by atoms with Crippen molar-refractivity contribution < 1.29 is 19.1 Å². The van der Waals surface area contributed by atoms with Crippen LogP contribution in [0, 0.1) is 6.92 Å². The number of urea groups is 1. The summed E-state index contributed by atoms with van der Waals surface area (Å²) in [6, 6.07) is 7.70. The van der Waals surface area contributed by atoms with Crippen molar-refractivity contribution in [3.05, 3.63) is 41.1 Å². The average Bonchev–Trinajstić information content (AvgIpc) is 3.28. The third-order valence-electron chi connectivity index (χ3n) is 4.54. The van der Waals surface area contributed by atoms with E-state index in [4.69, 9.17) is 9.47 Å². The zero-order valence-electron chi connectivity index (χ0n) is 14.9. The van der Waals surface area contributed by atoms with Gasteiger partial charge >= 0.3 is 12.0 Å². The van der Waals surface area contributed by atoms with Crippen molar-refractivity contribution in [2.75, 3.05) is 32.6 Å². The monoisotopic (exact) mass is 375 g/mol. The zero-order chi connectivity index (χ0) is 18.7. The Bertz CT molecular complexity index is 803. The minimum atomic E-state index is -0.496. The summed E-state index contributed by atoms with van der Waals surface area (Å²) in [5.41, 5.74) is 2.05. The SMILES string of the molecule is COC(=O)c1c(C)nsc1NC(=O)N1CC[C@@H](c2ccc(OC)cc2)C1. The number of ether oxygens (including phenoxy) is 2. The molecule has 2 heterocycles. The highest BCUT2D eigenvalue weighted by Gasteiger charge is 2.29. The Morgan fingerprint density at radius 2 is 2.00 bits per heavy atom. The normalized spacial score (nSPS) is 16.4. The third kappa shape index (κ3) is 3.65. The van der Waals surface area contributed by atoms with Gasteiger partial charge < -0.3 is 14.4 Å². The molecule has 138 valence electrons. The van der Waals surface area contributed by atoms with Gasteiger partial charge in [0.2, 0.25) is 0 Å². The van der Waals surface area contributed by atoms with Crippen LogP contribution < -0.4 is 10.1 Å². The van der Waals surface area contributed by atoms with E-state index in [-0.39, 0.29) is 11.9 Å². The lowest BCUT2D eigenvalue weighted by Crippen LogP contribution is -2.33. The number of likely N-dealkylation sites (tertiary alicyclic amines) is 1. The number of nitrogens with zero attached hydrogens (tertiary/aromatic N) is 2. The number of aryl methyl sites for hydroxylation is 1. The van der Waals surface area contributed by atoms with Gasteiger partial charge in [0.05, 0.1) is 19.9 Å². The number of aromatic nitrogens is 1. The number of esters is 1. The second-order valence-corrected chi connectivity index (χ2v) is 6.87. The van der Waals surface area contributed by atoms with Crippen LogP contribution in [-0.4, -0.2) is 48.6 Å². The standard InChI is InChI=1S/C18H21N3O4S/c1-11-15(17(22)25-3)16(26-20-11)19-18(23)21-9-8-13(10-21)12-4-6-14(24-2)7-5-12/h4-7,13H,8-10H2,1-3H3,(H,19,23)/t13-/m1/s1. The fraction of sp³-hybridized carbons (Fsp3) is 0.389. The van der Waals surface area contributed by atoms with Crippen LogP contribution in [0.1, 0.15) is 34.0 Å². The van der Waals surface area contributed by atoms with E-state index in [9.17, 15) is 9.59 Å². The molecule has 2 amide bonds. The number of hydrogen-bond donors (Lipinski definition) is 1. The van der Waals surface area contributed by atoms with Crippen LogP contribution in [0.4, 0.5) is 9.80 Å². The number of methoxy groups -OCH3 is 2. The quantitative estimate of drug-likeness (QED) is 0.830. The zero-order valence-corrected chi connectivity index (χ0v) is 15.8. The van der Waals surface area contributed by atoms with Gasteiger partial charge in [-0.25, -0.2) is 9.59 Å². The molecule has 7 nitrogen and oxygen atoms in total. The fourth-order valence-corrected chi connectivity index (χ4v) is 3.84. The highest BCUT2D eigenvalue weighted by atomic mass is 32.1. The van der Waals surface area contributed by atoms with Crippen molar-refractivity contribution in [1.29, 1.82) is 0 Å². The van der Waals surface area contributed by atoms with E-state index >= 15 is 0 Å². The maximum absolute atomic E-state index is 12.6. The summed E-state index contributed by atoms with van der Waals surface area (Å²) in [5.74, 6) is 0.608. The van der Waals surface area contributed by atoms with Gasteiger partial charge in [0.15, 0.2) is 0 Å². The molecule has 1 aromatic heterocycles. The molecule has 1 fully saturated rings. The number of carbonyl (C=O) groups is 2. The van der Waals surface area contributed by atoms with Crippen LogP contribution in [0.15, 0.2) is 24.3 Å². The Kier molecular flexibility index (Phi) is 5.41. The number of hydrogen-bond acceptors (Lipinski definition) is 6. The predicted molar refractivity (Wildman–Crippen MR) is 99.1 cm³/mol. The van der Waals surface area contributed by atoms with Crippen molar-refractivity contribution in [2.24, 2.45) is 0 Å². The van der Waals surface area contributed by atoms with E-state index in [1.54, 1.807) is 18.9 Å². The molecule has 1 saturated heterocycles. The summed E-state index contributed by atoms with van der Waals surface area (Å²) in [7, 11) is 2.95. The molecule has 0 bridgehead atoms. The van der Waals surface area contributed by atoms with Gasteiger partial charge in [-0.3, -0.25) is 5.32 Å². The first-order valence-corrected chi connectivity index (χ1v) is 9.05. The molecule has 1 aliphatic heterocycles. The van der Waals surface area contributed by atoms with Crippen molar-refractivity contribution in [3.8, 4) is 5.75 Å². The molecule has 1 aliphatic rings. The minimum Gasteiger partial charge on any atom is -0.497 e. The van der Waals surface area contributed by atoms with Crippen molar-refractivity contribution in [1.82, 2.24) is 9.27 Å². The smallest absolute Gasteiger partial charge is 0.342 e. The van der Waals surface area contributed by atoms with Crippen LogP contribution in [0.25, 0.3) is 0 Å². The van der Waals surface area contributed by atoms with E-state index in [0.29, 0.717) is 29.3 Å². The van der Waals surface area contributed by atoms with E-state index < -0.39 is 5.97 Å². The number of carbonyl (C=O) groups excluding carboxylic acids is 2. The molecule has 0 aliphatic carbocycles. The van der Waals surface area contributed by atoms with E-state index in [0.717, 1.165) is 23.7 Å². The van der Waals surface area contributed by atoms with E-state index in [2.05, 4.69) is 9.69 Å². The first kappa shape index (κ1) is 18.2. The molecule has 0 saturated carbocycles. The first-order chi connectivity index (χ1) is 12.5. The molecule has 0 unspecified atom stereocenters. The van der Waals surface area contributed by atoms with Crippen molar-refractivity contribution >= 4 is 28.5 Å². The summed E-state index contributed by atoms with van der Waals surface area (Å²) in [4.78, 5) is 26.2. The van der Waals surface area contributed by atoms with Gasteiger partial charge in [-0.1, -0.05) is 12.1 Å². The molecular weight excluding hydrogens is 354 g/mol. The second kappa shape index (κ2) is 7.74. The Morgan fingerprint density at radius 1 is 1.27 bits per heavy atom. The van der Waals surface area contributed by atoms with Gasteiger partial charge in [0.25, 0.3) is 0 Å². The largest absolute Gasteiger partial charge is 0.497 e. The summed E-state index contributed by atoms with van der Waals surface area (Å²) >= 11 is 1.08. The molecule has 0 radical (unpaired) electrons. The molecule has 8 heteroatoms. The second-order valence-electron chi connectivity index (χ2n) is 6.10. The Labute approximate surface area is 156 Å². The molecule has 2 aromatic rings. The lowest BCUT2D eigenvalue weighted by atomic mass is 9.98. The lowest BCUT2D eigenvalue weighted by Gasteiger charge is -2.17. The maximum Gasteiger partial charge on any atom is 0.342 e. The average molecular weight is 375 g/mol. The van der Waals surface area contributed by atoms with Crippen LogP contribution in [-0.2, 0) is 4.74 Å². The van der Waals surface area contributed by atoms with E-state index in [1.165, 1.54) is 12.7 Å². The van der Waals surface area contributed by atoms with Crippen LogP contribution in [0.5, 0.6) is 5.75 Å². The number of amides is 2. The van der Waals surface area contributed by atoms with Crippen LogP contribution in [0.2, 0.25) is 0 Å². The minimum absolute atomic E-state index is 0.227. The Hall–Kier alpha value is -2.61. The van der Waals surface area contributed by atoms with Crippen molar-refractivity contribution in [3.63, 3.8) is 0 Å². The van der Waals surface area contributed by atoms with Gasteiger partial charge in [0, 0.05) is 19.0 Å². The topological polar surface area (TPSA) is 80.8 Å². The van der Waals surface area contributed by atoms with Crippen LogP contribution >= 0.6 is 11.5 Å². The molecule has 1 aromatic carbocycles. The molecule has 1 atom stereocenters. The highest BCUT2D eigenvalue weighted by Crippen LogP contribution is 2.30. The fourth-order valence-electron chi connectivity index (χ4n) is 3.07. The number of benzene rings is 1. The molecule has 1 N–H and O–H groups in total. The number of anilines is 1. The molecule has 0 spiro atoms. The number of rotatable bonds is 4. The molecular formula is C18H21N3O4S. The summed E-state index contributed by atoms with van der Waals surface area (Å²) in [6.45, 7) is 3.01. The van der Waals surface area contributed by atoms with Gasteiger partial charge in [0.1, 0.15) is 16.3 Å². The Morgan fingerprint density at radius 3 is 2.65 bits per heavy atom. The number of nitrogens with one attached hydrogen (secondary N) is 1. The van der Waals surface area contributed by atoms with E-state index in [1.807, 2.05) is 24.3 Å². The van der Waals surface area contributed by atoms with Gasteiger partial charge in [-0.2, -0.15) is 4.37 Å². The van der Waals surface area contributed by atoms with Gasteiger partial charge in [-0.05, 0) is 42.6 Å². The van der Waals surface area contributed by atoms with Crippen molar-refractivity contribution in [2.45, 2.75) is 19.3 Å². The van der Waals surface area contributed by atoms with Crippen LogP contribution in [0.3, 0.4) is 0 Å². The third-order valence-corrected chi connectivity index (χ3v) is 5.39. The molecule has 26 heavy (non-hydrogen) atoms. The molecule has 3 rings (SSSR count). The maximum atomic E-state index is 12.6. The van der Waals surface area contributed by atoms with Gasteiger partial charge in [-0.15, -0.1) is 0 Å². The summed E-state index contributed by atoms with van der Waals surface area (Å²) in [5, 5.41) is 3.22.